The number of amides is 2. The molecule has 4 N–H and O–H groups in total. The van der Waals surface area contributed by atoms with Crippen LogP contribution in [0.3, 0.4) is 0 Å². The third-order valence-corrected chi connectivity index (χ3v) is 4.83. The van der Waals surface area contributed by atoms with Crippen molar-refractivity contribution in [3.8, 4) is 0 Å². The first-order valence-electron chi connectivity index (χ1n) is 7.91. The average Bonchev–Trinajstić information content (AvgIpc) is 2.77. The first-order valence-corrected chi connectivity index (χ1v) is 8.71. The molecule has 2 rings (SSSR count). The van der Waals surface area contributed by atoms with E-state index in [1.54, 1.807) is 12.1 Å². The van der Waals surface area contributed by atoms with Crippen LogP contribution in [-0.4, -0.2) is 40.7 Å². The topological polar surface area (TPSA) is 109 Å². The molecule has 1 unspecified atom stereocenters. The molecule has 1 aliphatic heterocycles. The molecule has 1 fully saturated rings. The molecule has 0 radical (unpaired) electrons. The van der Waals surface area contributed by atoms with Gasteiger partial charge in [0.15, 0.2) is 0 Å². The number of halogens is 1. The first-order chi connectivity index (χ1) is 11.2. The average molecular weight is 399 g/mol. The fourth-order valence-electron chi connectivity index (χ4n) is 3.36. The summed E-state index contributed by atoms with van der Waals surface area (Å²) in [5.41, 5.74) is 5.76. The van der Waals surface area contributed by atoms with Gasteiger partial charge in [-0.05, 0) is 67.1 Å². The maximum absolute atomic E-state index is 11.7. The molecular weight excluding hydrogens is 376 g/mol. The van der Waals surface area contributed by atoms with Crippen LogP contribution in [-0.2, 0) is 0 Å². The maximum atomic E-state index is 11.7. The van der Waals surface area contributed by atoms with Crippen molar-refractivity contribution in [2.45, 2.75) is 38.6 Å². The van der Waals surface area contributed by atoms with Crippen LogP contribution in [0.2, 0.25) is 0 Å². The number of hydrogen-bond donors (Lipinski definition) is 3. The Morgan fingerprint density at radius 2 is 2.21 bits per heavy atom. The van der Waals surface area contributed by atoms with Crippen LogP contribution in [0.25, 0.3) is 0 Å². The second-order valence-corrected chi connectivity index (χ2v) is 7.55. The summed E-state index contributed by atoms with van der Waals surface area (Å²) in [6, 6.07) is 3.40. The molecule has 0 bridgehead atoms. The van der Waals surface area contributed by atoms with E-state index in [0.717, 1.165) is 25.8 Å². The molecule has 0 aromatic carbocycles. The minimum absolute atomic E-state index is 0.150. The number of pyridine rings is 1. The molecule has 2 heterocycles. The smallest absolute Gasteiger partial charge is 0.404 e. The molecule has 0 aliphatic carbocycles. The third kappa shape index (κ3) is 4.37. The number of anilines is 1. The summed E-state index contributed by atoms with van der Waals surface area (Å²) < 4.78 is 0.660. The van der Waals surface area contributed by atoms with Crippen molar-refractivity contribution in [2.24, 2.45) is 11.7 Å². The molecule has 7 nitrogen and oxygen atoms in total. The number of primary amides is 1. The van der Waals surface area contributed by atoms with Crippen molar-refractivity contribution in [3.63, 3.8) is 0 Å². The Kier molecular flexibility index (Phi) is 5.69. The van der Waals surface area contributed by atoms with E-state index in [4.69, 9.17) is 10.8 Å². The van der Waals surface area contributed by atoms with E-state index in [-0.39, 0.29) is 5.54 Å². The fraction of sp³-hybridized carbons (Fsp3) is 0.562. The quantitative estimate of drug-likeness (QED) is 0.503. The van der Waals surface area contributed by atoms with E-state index in [1.165, 1.54) is 0 Å². The van der Waals surface area contributed by atoms with Crippen LogP contribution < -0.4 is 16.0 Å². The van der Waals surface area contributed by atoms with Crippen LogP contribution in [0.4, 0.5) is 10.6 Å². The van der Waals surface area contributed by atoms with Crippen LogP contribution in [0.15, 0.2) is 16.7 Å². The lowest BCUT2D eigenvalue weighted by Crippen LogP contribution is -2.40. The molecule has 2 amide bonds. The van der Waals surface area contributed by atoms with Gasteiger partial charge in [-0.1, -0.05) is 0 Å². The second kappa shape index (κ2) is 7.38. The highest BCUT2D eigenvalue weighted by Crippen LogP contribution is 2.39. The second-order valence-electron chi connectivity index (χ2n) is 6.74. The van der Waals surface area contributed by atoms with Gasteiger partial charge in [-0.25, -0.2) is 9.78 Å². The minimum atomic E-state index is -0.993. The SMILES string of the molecule is CC1(C)CC(CCCNC(=O)O)CN1c1nc(Br)ccc1C(N)=O. The van der Waals surface area contributed by atoms with Crippen LogP contribution in [0, 0.1) is 5.92 Å². The summed E-state index contributed by atoms with van der Waals surface area (Å²) >= 11 is 3.36. The molecule has 0 saturated carbocycles. The highest BCUT2D eigenvalue weighted by molar-refractivity contribution is 9.10. The highest BCUT2D eigenvalue weighted by atomic mass is 79.9. The zero-order chi connectivity index (χ0) is 17.9. The predicted octanol–water partition coefficient (Wildman–Crippen LogP) is 2.60. The zero-order valence-corrected chi connectivity index (χ0v) is 15.5. The summed E-state index contributed by atoms with van der Waals surface area (Å²) in [5.74, 6) is 0.528. The van der Waals surface area contributed by atoms with Crippen molar-refractivity contribution in [1.29, 1.82) is 0 Å². The number of nitrogens with zero attached hydrogens (tertiary/aromatic N) is 2. The standard InChI is InChI=1S/C16H23BrN4O3/c1-16(2)8-10(4-3-7-19-15(23)24)9-21(16)14-11(13(18)22)5-6-12(17)20-14/h5-6,10,19H,3-4,7-9H2,1-2H3,(H2,18,22)(H,23,24). The van der Waals surface area contributed by atoms with Crippen LogP contribution in [0.5, 0.6) is 0 Å². The molecule has 1 aliphatic rings. The molecule has 0 spiro atoms. The fourth-order valence-corrected chi connectivity index (χ4v) is 3.66. The Morgan fingerprint density at radius 1 is 1.50 bits per heavy atom. The number of nitrogens with one attached hydrogen (secondary N) is 1. The highest BCUT2D eigenvalue weighted by Gasteiger charge is 2.40. The van der Waals surface area contributed by atoms with E-state index in [1.807, 2.05) is 0 Å². The van der Waals surface area contributed by atoms with Gasteiger partial charge < -0.3 is 21.1 Å². The molecule has 1 saturated heterocycles. The minimum Gasteiger partial charge on any atom is -0.465 e. The Bertz CT molecular complexity index is 636. The molecule has 1 atom stereocenters. The largest absolute Gasteiger partial charge is 0.465 e. The molecule has 1 aromatic heterocycles. The van der Waals surface area contributed by atoms with E-state index in [0.29, 0.717) is 28.4 Å². The summed E-state index contributed by atoms with van der Waals surface area (Å²) in [6.45, 7) is 5.46. The first kappa shape index (κ1) is 18.5. The summed E-state index contributed by atoms with van der Waals surface area (Å²) in [5, 5.41) is 11.0. The molecule has 132 valence electrons. The van der Waals surface area contributed by atoms with Crippen molar-refractivity contribution < 1.29 is 14.7 Å². The van der Waals surface area contributed by atoms with Crippen molar-refractivity contribution in [2.75, 3.05) is 18.0 Å². The Morgan fingerprint density at radius 3 is 2.83 bits per heavy atom. The number of nitrogens with two attached hydrogens (primary N) is 1. The Hall–Kier alpha value is -1.83. The van der Waals surface area contributed by atoms with Crippen molar-refractivity contribution in [1.82, 2.24) is 10.3 Å². The molecule has 8 heteroatoms. The lowest BCUT2D eigenvalue weighted by Gasteiger charge is -2.33. The van der Waals surface area contributed by atoms with E-state index in [9.17, 15) is 9.59 Å². The van der Waals surface area contributed by atoms with Crippen LogP contribution in [0.1, 0.15) is 43.5 Å². The Balaban J connectivity index is 2.12. The zero-order valence-electron chi connectivity index (χ0n) is 13.9. The number of carbonyl (C=O) groups is 2. The normalized spacial score (nSPS) is 19.3. The van der Waals surface area contributed by atoms with Gasteiger partial charge in [-0.15, -0.1) is 0 Å². The van der Waals surface area contributed by atoms with Crippen molar-refractivity contribution >= 4 is 33.7 Å². The molecular formula is C16H23BrN4O3. The monoisotopic (exact) mass is 398 g/mol. The van der Waals surface area contributed by atoms with E-state index < -0.39 is 12.0 Å². The lowest BCUT2D eigenvalue weighted by atomic mass is 9.93. The van der Waals surface area contributed by atoms with E-state index >= 15 is 0 Å². The summed E-state index contributed by atoms with van der Waals surface area (Å²) in [6.07, 6.45) is 1.66. The van der Waals surface area contributed by atoms with E-state index in [2.05, 4.69) is 45.0 Å². The van der Waals surface area contributed by atoms with Crippen molar-refractivity contribution in [3.05, 3.63) is 22.3 Å². The van der Waals surface area contributed by atoms with Gasteiger partial charge in [0.05, 0.1) is 5.56 Å². The van der Waals surface area contributed by atoms with Gasteiger partial charge >= 0.3 is 6.09 Å². The number of aromatic nitrogens is 1. The van der Waals surface area contributed by atoms with Gasteiger partial charge in [0.2, 0.25) is 0 Å². The van der Waals surface area contributed by atoms with Gasteiger partial charge in [0, 0.05) is 18.6 Å². The summed E-state index contributed by atoms with van der Waals surface area (Å²) in [7, 11) is 0. The van der Waals surface area contributed by atoms with Gasteiger partial charge in [-0.2, -0.15) is 0 Å². The predicted molar refractivity (Wildman–Crippen MR) is 95.2 cm³/mol. The van der Waals surface area contributed by atoms with Gasteiger partial charge in [0.1, 0.15) is 10.4 Å². The lowest BCUT2D eigenvalue weighted by molar-refractivity contribution is 0.1000. The maximum Gasteiger partial charge on any atom is 0.404 e. The van der Waals surface area contributed by atoms with Crippen LogP contribution >= 0.6 is 15.9 Å². The third-order valence-electron chi connectivity index (χ3n) is 4.39. The number of rotatable bonds is 6. The van der Waals surface area contributed by atoms with Gasteiger partial charge in [-0.3, -0.25) is 4.79 Å². The van der Waals surface area contributed by atoms with Gasteiger partial charge in [0.25, 0.3) is 5.91 Å². The summed E-state index contributed by atoms with van der Waals surface area (Å²) in [4.78, 5) is 28.8. The number of carboxylic acid groups (broad SMARTS) is 1. The molecule has 1 aromatic rings. The number of hydrogen-bond acceptors (Lipinski definition) is 4. The Labute approximate surface area is 149 Å². The molecule has 24 heavy (non-hydrogen) atoms. The number of carbonyl (C=O) groups excluding carboxylic acids is 1.